The molecule has 2 unspecified atom stereocenters. The maximum absolute atomic E-state index is 12.5. The molecule has 0 aromatic heterocycles. The minimum atomic E-state index is -3.28. The summed E-state index contributed by atoms with van der Waals surface area (Å²) in [5.74, 6) is -0.798. The quantitative estimate of drug-likeness (QED) is 0.768. The second-order valence-electron chi connectivity index (χ2n) is 5.02. The van der Waals surface area contributed by atoms with E-state index in [4.69, 9.17) is 11.6 Å². The highest BCUT2D eigenvalue weighted by atomic mass is 35.5. The number of hydrogen-bond donors (Lipinski definition) is 2. The van der Waals surface area contributed by atoms with Gasteiger partial charge in [-0.3, -0.25) is 4.79 Å². The summed E-state index contributed by atoms with van der Waals surface area (Å²) in [5.41, 5.74) is 2.70. The summed E-state index contributed by atoms with van der Waals surface area (Å²) >= 11 is 5.77. The Balaban J connectivity index is 1.90. The maximum atomic E-state index is 12.5. The van der Waals surface area contributed by atoms with Gasteiger partial charge in [0.15, 0.2) is 9.84 Å². The fourth-order valence-electron chi connectivity index (χ4n) is 2.55. The van der Waals surface area contributed by atoms with Crippen LogP contribution in [0.25, 0.3) is 0 Å². The van der Waals surface area contributed by atoms with E-state index in [2.05, 4.69) is 10.7 Å². The Morgan fingerprint density at radius 3 is 2.57 bits per heavy atom. The Labute approximate surface area is 126 Å². The van der Waals surface area contributed by atoms with E-state index in [9.17, 15) is 18.0 Å². The molecule has 112 valence electrons. The first-order valence-electron chi connectivity index (χ1n) is 6.22. The lowest BCUT2D eigenvalue weighted by Gasteiger charge is -2.37. The molecule has 2 N–H and O–H groups in total. The van der Waals surface area contributed by atoms with Crippen molar-refractivity contribution in [3.63, 3.8) is 0 Å². The van der Waals surface area contributed by atoms with Crippen molar-refractivity contribution in [2.45, 2.75) is 12.1 Å². The number of urea groups is 1. The fourth-order valence-corrected chi connectivity index (χ4v) is 4.56. The zero-order valence-electron chi connectivity index (χ0n) is 10.7. The molecule has 9 heteroatoms. The second kappa shape index (κ2) is 4.88. The molecule has 7 nitrogen and oxygen atoms in total. The molecule has 0 radical (unpaired) electrons. The van der Waals surface area contributed by atoms with Crippen molar-refractivity contribution < 1.29 is 18.0 Å². The van der Waals surface area contributed by atoms with Gasteiger partial charge in [-0.05, 0) is 24.3 Å². The standard InChI is InChI=1S/C12H12ClN3O4S/c13-8-3-1-7(2-4-8)11(17)16-10-6-21(19,20)5-9(10)14-12(18)15-16/h1-4,9-10H,5-6H2,(H2,14,15,18). The molecule has 0 spiro atoms. The molecular weight excluding hydrogens is 318 g/mol. The average molecular weight is 330 g/mol. The molecule has 0 bridgehead atoms. The van der Waals surface area contributed by atoms with E-state index in [1.807, 2.05) is 0 Å². The molecule has 2 aliphatic rings. The van der Waals surface area contributed by atoms with Gasteiger partial charge >= 0.3 is 6.03 Å². The number of carbonyl (C=O) groups excluding carboxylic acids is 2. The summed E-state index contributed by atoms with van der Waals surface area (Å²) in [6.07, 6.45) is 0. The Kier molecular flexibility index (Phi) is 3.29. The first kappa shape index (κ1) is 14.2. The molecule has 2 saturated heterocycles. The van der Waals surface area contributed by atoms with Crippen LogP contribution in [0.4, 0.5) is 4.79 Å². The van der Waals surface area contributed by atoms with Gasteiger partial charge in [-0.1, -0.05) is 11.6 Å². The van der Waals surface area contributed by atoms with Crippen LogP contribution in [0.2, 0.25) is 5.02 Å². The molecule has 0 aliphatic carbocycles. The van der Waals surface area contributed by atoms with Crippen molar-refractivity contribution in [3.8, 4) is 0 Å². The van der Waals surface area contributed by atoms with Crippen molar-refractivity contribution in [2.75, 3.05) is 11.5 Å². The maximum Gasteiger partial charge on any atom is 0.334 e. The third-order valence-corrected chi connectivity index (χ3v) is 5.47. The molecule has 2 aliphatic heterocycles. The number of carbonyl (C=O) groups is 2. The number of halogens is 1. The van der Waals surface area contributed by atoms with Crippen LogP contribution in [-0.2, 0) is 9.84 Å². The molecule has 21 heavy (non-hydrogen) atoms. The van der Waals surface area contributed by atoms with E-state index >= 15 is 0 Å². The van der Waals surface area contributed by atoms with Gasteiger partial charge in [0.05, 0.1) is 23.6 Å². The SMILES string of the molecule is O=C1NC2CS(=O)(=O)CC2N(C(=O)c2ccc(Cl)cc2)N1. The smallest absolute Gasteiger partial charge is 0.331 e. The van der Waals surface area contributed by atoms with Crippen LogP contribution >= 0.6 is 11.6 Å². The van der Waals surface area contributed by atoms with Gasteiger partial charge in [0.25, 0.3) is 5.91 Å². The number of fused-ring (bicyclic) bond motifs is 1. The van der Waals surface area contributed by atoms with Crippen molar-refractivity contribution >= 4 is 33.4 Å². The molecule has 2 atom stereocenters. The van der Waals surface area contributed by atoms with Crippen LogP contribution in [0.5, 0.6) is 0 Å². The summed E-state index contributed by atoms with van der Waals surface area (Å²) in [6.45, 7) is 0. The van der Waals surface area contributed by atoms with Crippen LogP contribution in [0.3, 0.4) is 0 Å². The summed E-state index contributed by atoms with van der Waals surface area (Å²) in [6, 6.07) is 4.38. The van der Waals surface area contributed by atoms with Crippen LogP contribution in [0.1, 0.15) is 10.4 Å². The Morgan fingerprint density at radius 2 is 1.90 bits per heavy atom. The second-order valence-corrected chi connectivity index (χ2v) is 7.61. The largest absolute Gasteiger partial charge is 0.334 e. The summed E-state index contributed by atoms with van der Waals surface area (Å²) in [4.78, 5) is 24.0. The van der Waals surface area contributed by atoms with Gasteiger partial charge in [-0.2, -0.15) is 0 Å². The van der Waals surface area contributed by atoms with E-state index < -0.39 is 33.9 Å². The fraction of sp³-hybridized carbons (Fsp3) is 0.333. The lowest BCUT2D eigenvalue weighted by molar-refractivity contribution is 0.0511. The third-order valence-electron chi connectivity index (χ3n) is 3.50. The minimum Gasteiger partial charge on any atom is -0.331 e. The van der Waals surface area contributed by atoms with E-state index in [0.717, 1.165) is 5.01 Å². The summed E-state index contributed by atoms with van der Waals surface area (Å²) in [5, 5.41) is 4.11. The lowest BCUT2D eigenvalue weighted by atomic mass is 10.1. The Hall–Kier alpha value is -1.80. The number of nitrogens with zero attached hydrogens (tertiary/aromatic N) is 1. The summed E-state index contributed by atoms with van der Waals surface area (Å²) in [7, 11) is -3.28. The number of hydrogen-bond acceptors (Lipinski definition) is 4. The molecule has 0 saturated carbocycles. The van der Waals surface area contributed by atoms with Crippen molar-refractivity contribution in [1.82, 2.24) is 15.8 Å². The number of rotatable bonds is 1. The van der Waals surface area contributed by atoms with Crippen LogP contribution < -0.4 is 10.7 Å². The highest BCUT2D eigenvalue weighted by Gasteiger charge is 2.47. The first-order valence-corrected chi connectivity index (χ1v) is 8.42. The number of amides is 3. The predicted molar refractivity (Wildman–Crippen MR) is 75.5 cm³/mol. The van der Waals surface area contributed by atoms with Crippen molar-refractivity contribution in [1.29, 1.82) is 0 Å². The molecule has 3 rings (SSSR count). The Bertz CT molecular complexity index is 704. The normalized spacial score (nSPS) is 26.7. The molecule has 3 amide bonds. The summed E-state index contributed by atoms with van der Waals surface area (Å²) < 4.78 is 23.4. The monoisotopic (exact) mass is 329 g/mol. The Morgan fingerprint density at radius 1 is 1.24 bits per heavy atom. The molecule has 1 aromatic rings. The van der Waals surface area contributed by atoms with Gasteiger partial charge in [0, 0.05) is 10.6 Å². The van der Waals surface area contributed by atoms with Gasteiger partial charge < -0.3 is 5.32 Å². The molecule has 1 aromatic carbocycles. The zero-order valence-corrected chi connectivity index (χ0v) is 12.3. The average Bonchev–Trinajstić information content (AvgIpc) is 2.71. The van der Waals surface area contributed by atoms with Crippen LogP contribution in [0.15, 0.2) is 24.3 Å². The molecule has 2 heterocycles. The highest BCUT2D eigenvalue weighted by Crippen LogP contribution is 2.22. The lowest BCUT2D eigenvalue weighted by Crippen LogP contribution is -2.67. The molecular formula is C12H12ClN3O4S. The van der Waals surface area contributed by atoms with E-state index in [0.29, 0.717) is 10.6 Å². The van der Waals surface area contributed by atoms with Crippen LogP contribution in [-0.4, -0.2) is 49.0 Å². The number of benzene rings is 1. The van der Waals surface area contributed by atoms with Gasteiger partial charge in [0.2, 0.25) is 0 Å². The van der Waals surface area contributed by atoms with Crippen molar-refractivity contribution in [2.24, 2.45) is 0 Å². The number of hydrazine groups is 1. The van der Waals surface area contributed by atoms with Gasteiger partial charge in [-0.25, -0.2) is 23.6 Å². The van der Waals surface area contributed by atoms with Crippen molar-refractivity contribution in [3.05, 3.63) is 34.9 Å². The number of sulfone groups is 1. The minimum absolute atomic E-state index is 0.157. The third kappa shape index (κ3) is 2.68. The van der Waals surface area contributed by atoms with E-state index in [1.165, 1.54) is 12.1 Å². The van der Waals surface area contributed by atoms with E-state index in [-0.39, 0.29) is 11.5 Å². The van der Waals surface area contributed by atoms with Gasteiger partial charge in [-0.15, -0.1) is 0 Å². The predicted octanol–water partition coefficient (Wildman–Crippen LogP) is 0.176. The first-order chi connectivity index (χ1) is 9.85. The topological polar surface area (TPSA) is 95.6 Å². The zero-order chi connectivity index (χ0) is 15.2. The number of nitrogens with one attached hydrogen (secondary N) is 2. The molecule has 2 fully saturated rings. The van der Waals surface area contributed by atoms with Gasteiger partial charge in [0.1, 0.15) is 0 Å². The van der Waals surface area contributed by atoms with E-state index in [1.54, 1.807) is 12.1 Å². The highest BCUT2D eigenvalue weighted by molar-refractivity contribution is 7.91. The van der Waals surface area contributed by atoms with Crippen LogP contribution in [0, 0.1) is 0 Å².